The van der Waals surface area contributed by atoms with Gasteiger partial charge in [0.15, 0.2) is 0 Å². The summed E-state index contributed by atoms with van der Waals surface area (Å²) in [5, 5.41) is 0.719. The molecular formula is C15H19ClN2O. The molecule has 4 heteroatoms. The molecule has 0 aliphatic rings. The zero-order valence-corrected chi connectivity index (χ0v) is 11.8. The minimum absolute atomic E-state index is 0.172. The largest absolute Gasteiger partial charge is 0.492 e. The van der Waals surface area contributed by atoms with E-state index in [1.54, 1.807) is 0 Å². The van der Waals surface area contributed by atoms with Gasteiger partial charge in [0.1, 0.15) is 12.4 Å². The second kappa shape index (κ2) is 6.64. The van der Waals surface area contributed by atoms with Gasteiger partial charge in [-0.1, -0.05) is 11.6 Å². The van der Waals surface area contributed by atoms with Crippen LogP contribution in [0.3, 0.4) is 0 Å². The van der Waals surface area contributed by atoms with E-state index in [9.17, 15) is 0 Å². The molecule has 0 aliphatic carbocycles. The summed E-state index contributed by atoms with van der Waals surface area (Å²) in [5.41, 5.74) is 7.07. The van der Waals surface area contributed by atoms with Crippen molar-refractivity contribution in [3.05, 3.63) is 53.3 Å². The standard InChI is InChI=1S/C15H19ClN2O/c1-12(17)11-14-3-2-8-18(14)9-10-19-15-6-4-13(16)5-7-15/h2-8,12H,9-11,17H2,1H3. The van der Waals surface area contributed by atoms with Crippen LogP contribution in [0.25, 0.3) is 0 Å². The second-order valence-electron chi connectivity index (χ2n) is 4.68. The Balaban J connectivity index is 1.85. The zero-order chi connectivity index (χ0) is 13.7. The molecule has 0 amide bonds. The number of hydrogen-bond acceptors (Lipinski definition) is 2. The molecule has 2 rings (SSSR count). The number of hydrogen-bond donors (Lipinski definition) is 1. The lowest BCUT2D eigenvalue weighted by Crippen LogP contribution is -2.20. The molecular weight excluding hydrogens is 260 g/mol. The van der Waals surface area contributed by atoms with Crippen LogP contribution in [-0.4, -0.2) is 17.2 Å². The van der Waals surface area contributed by atoms with Crippen LogP contribution in [0.5, 0.6) is 5.75 Å². The lowest BCUT2D eigenvalue weighted by molar-refractivity contribution is 0.296. The molecule has 102 valence electrons. The van der Waals surface area contributed by atoms with Crippen LogP contribution in [0.4, 0.5) is 0 Å². The number of halogens is 1. The van der Waals surface area contributed by atoms with Crippen LogP contribution in [-0.2, 0) is 13.0 Å². The Kier molecular flexibility index (Phi) is 4.88. The van der Waals surface area contributed by atoms with Gasteiger partial charge in [0.05, 0.1) is 6.54 Å². The van der Waals surface area contributed by atoms with E-state index in [1.165, 1.54) is 5.69 Å². The van der Waals surface area contributed by atoms with Crippen molar-refractivity contribution in [2.75, 3.05) is 6.61 Å². The molecule has 0 aliphatic heterocycles. The van der Waals surface area contributed by atoms with E-state index in [4.69, 9.17) is 22.1 Å². The van der Waals surface area contributed by atoms with E-state index in [-0.39, 0.29) is 6.04 Å². The number of nitrogens with zero attached hydrogens (tertiary/aromatic N) is 1. The normalized spacial score (nSPS) is 12.4. The first-order valence-corrected chi connectivity index (χ1v) is 6.81. The average Bonchev–Trinajstić information content (AvgIpc) is 2.78. The maximum Gasteiger partial charge on any atom is 0.119 e. The monoisotopic (exact) mass is 278 g/mol. The van der Waals surface area contributed by atoms with Crippen molar-refractivity contribution in [2.24, 2.45) is 5.73 Å². The molecule has 1 aromatic heterocycles. The molecule has 3 nitrogen and oxygen atoms in total. The lowest BCUT2D eigenvalue weighted by atomic mass is 10.2. The predicted molar refractivity (Wildman–Crippen MR) is 78.7 cm³/mol. The van der Waals surface area contributed by atoms with E-state index in [2.05, 4.69) is 16.8 Å². The third-order valence-electron chi connectivity index (χ3n) is 2.87. The highest BCUT2D eigenvalue weighted by molar-refractivity contribution is 6.30. The fraction of sp³-hybridized carbons (Fsp3) is 0.333. The van der Waals surface area contributed by atoms with Crippen LogP contribution in [0.1, 0.15) is 12.6 Å². The highest BCUT2D eigenvalue weighted by Gasteiger charge is 2.03. The van der Waals surface area contributed by atoms with Gasteiger partial charge < -0.3 is 15.0 Å². The Morgan fingerprint density at radius 2 is 2.00 bits per heavy atom. The van der Waals surface area contributed by atoms with Gasteiger partial charge in [-0.15, -0.1) is 0 Å². The molecule has 0 saturated carbocycles. The highest BCUT2D eigenvalue weighted by atomic mass is 35.5. The fourth-order valence-electron chi connectivity index (χ4n) is 1.98. The molecule has 1 aromatic carbocycles. The number of aromatic nitrogens is 1. The Bertz CT molecular complexity index is 505. The van der Waals surface area contributed by atoms with Gasteiger partial charge in [-0.05, 0) is 43.3 Å². The number of ether oxygens (including phenoxy) is 1. The Labute approximate surface area is 118 Å². The van der Waals surface area contributed by atoms with Crippen molar-refractivity contribution in [2.45, 2.75) is 25.9 Å². The molecule has 0 fully saturated rings. The summed E-state index contributed by atoms with van der Waals surface area (Å²) in [6.45, 7) is 3.46. The Morgan fingerprint density at radius 3 is 2.68 bits per heavy atom. The van der Waals surface area contributed by atoms with E-state index in [0.717, 1.165) is 23.7 Å². The van der Waals surface area contributed by atoms with Crippen molar-refractivity contribution < 1.29 is 4.74 Å². The third-order valence-corrected chi connectivity index (χ3v) is 3.12. The minimum atomic E-state index is 0.172. The van der Waals surface area contributed by atoms with Crippen LogP contribution in [0.15, 0.2) is 42.6 Å². The lowest BCUT2D eigenvalue weighted by Gasteiger charge is -2.12. The Hall–Kier alpha value is -1.45. The minimum Gasteiger partial charge on any atom is -0.492 e. The van der Waals surface area contributed by atoms with Crippen LogP contribution in [0, 0.1) is 0 Å². The molecule has 0 saturated heterocycles. The maximum absolute atomic E-state index is 5.83. The fourth-order valence-corrected chi connectivity index (χ4v) is 2.10. The highest BCUT2D eigenvalue weighted by Crippen LogP contribution is 2.15. The summed E-state index contributed by atoms with van der Waals surface area (Å²) in [6, 6.07) is 11.7. The van der Waals surface area contributed by atoms with E-state index >= 15 is 0 Å². The molecule has 2 aromatic rings. The molecule has 0 spiro atoms. The zero-order valence-electron chi connectivity index (χ0n) is 11.1. The molecule has 2 N–H and O–H groups in total. The van der Waals surface area contributed by atoms with Crippen molar-refractivity contribution in [3.63, 3.8) is 0 Å². The average molecular weight is 279 g/mol. The summed E-state index contributed by atoms with van der Waals surface area (Å²) in [5.74, 6) is 0.838. The van der Waals surface area contributed by atoms with Gasteiger partial charge in [-0.25, -0.2) is 0 Å². The third kappa shape index (κ3) is 4.30. The Morgan fingerprint density at radius 1 is 1.26 bits per heavy atom. The topological polar surface area (TPSA) is 40.2 Å². The molecule has 1 unspecified atom stereocenters. The summed E-state index contributed by atoms with van der Waals surface area (Å²) in [6.07, 6.45) is 2.94. The van der Waals surface area contributed by atoms with Crippen molar-refractivity contribution in [1.29, 1.82) is 0 Å². The van der Waals surface area contributed by atoms with Gasteiger partial charge in [0.25, 0.3) is 0 Å². The van der Waals surface area contributed by atoms with Gasteiger partial charge in [-0.2, -0.15) is 0 Å². The van der Waals surface area contributed by atoms with E-state index in [1.807, 2.05) is 37.3 Å². The van der Waals surface area contributed by atoms with Crippen molar-refractivity contribution in [3.8, 4) is 5.75 Å². The van der Waals surface area contributed by atoms with E-state index in [0.29, 0.717) is 6.61 Å². The van der Waals surface area contributed by atoms with Crippen molar-refractivity contribution in [1.82, 2.24) is 4.57 Å². The first-order chi connectivity index (χ1) is 9.15. The predicted octanol–water partition coefficient (Wildman–Crippen LogP) is 3.11. The molecule has 1 heterocycles. The molecule has 0 radical (unpaired) electrons. The first-order valence-electron chi connectivity index (χ1n) is 6.43. The number of benzene rings is 1. The quantitative estimate of drug-likeness (QED) is 0.882. The number of nitrogens with two attached hydrogens (primary N) is 1. The van der Waals surface area contributed by atoms with Crippen molar-refractivity contribution >= 4 is 11.6 Å². The molecule has 1 atom stereocenters. The second-order valence-corrected chi connectivity index (χ2v) is 5.11. The van der Waals surface area contributed by atoms with Crippen LogP contribution >= 0.6 is 11.6 Å². The van der Waals surface area contributed by atoms with Gasteiger partial charge >= 0.3 is 0 Å². The first kappa shape index (κ1) is 14.0. The van der Waals surface area contributed by atoms with Crippen LogP contribution < -0.4 is 10.5 Å². The van der Waals surface area contributed by atoms with E-state index < -0.39 is 0 Å². The van der Waals surface area contributed by atoms with Crippen LogP contribution in [0.2, 0.25) is 5.02 Å². The SMILES string of the molecule is CC(N)Cc1cccn1CCOc1ccc(Cl)cc1. The summed E-state index contributed by atoms with van der Waals surface area (Å²) in [4.78, 5) is 0. The summed E-state index contributed by atoms with van der Waals surface area (Å²) >= 11 is 5.82. The smallest absolute Gasteiger partial charge is 0.119 e. The maximum atomic E-state index is 5.83. The molecule has 0 bridgehead atoms. The van der Waals surface area contributed by atoms with Gasteiger partial charge in [-0.3, -0.25) is 0 Å². The van der Waals surface area contributed by atoms with Gasteiger partial charge in [0, 0.05) is 29.4 Å². The number of rotatable bonds is 6. The van der Waals surface area contributed by atoms with Gasteiger partial charge in [0.2, 0.25) is 0 Å². The summed E-state index contributed by atoms with van der Waals surface area (Å²) < 4.78 is 7.86. The summed E-state index contributed by atoms with van der Waals surface area (Å²) in [7, 11) is 0. The molecule has 19 heavy (non-hydrogen) atoms.